The molecule has 0 aliphatic heterocycles. The van der Waals surface area contributed by atoms with Crippen molar-refractivity contribution in [2.45, 2.75) is 45.1 Å². The van der Waals surface area contributed by atoms with Gasteiger partial charge >= 0.3 is 0 Å². The maximum Gasteiger partial charge on any atom is 0.236 e. The second-order valence-electron chi connectivity index (χ2n) is 3.94. The topological polar surface area (TPSA) is 55.1 Å². The fourth-order valence-electron chi connectivity index (χ4n) is 1.25. The lowest BCUT2D eigenvalue weighted by Gasteiger charge is -2.10. The largest absolute Gasteiger partial charge is 0.354 e. The van der Waals surface area contributed by atoms with E-state index in [4.69, 9.17) is 5.73 Å². The Morgan fingerprint density at radius 3 is 2.85 bits per heavy atom. The first-order valence-electron chi connectivity index (χ1n) is 5.27. The van der Waals surface area contributed by atoms with E-state index in [1.807, 2.05) is 0 Å². The predicted molar refractivity (Wildman–Crippen MR) is 53.2 cm³/mol. The minimum Gasteiger partial charge on any atom is -0.354 e. The summed E-state index contributed by atoms with van der Waals surface area (Å²) in [6.07, 6.45) is 5.49. The van der Waals surface area contributed by atoms with Crippen LogP contribution in [-0.4, -0.2) is 18.5 Å². The molecule has 1 aliphatic rings. The number of amides is 1. The van der Waals surface area contributed by atoms with E-state index in [1.54, 1.807) is 0 Å². The summed E-state index contributed by atoms with van der Waals surface area (Å²) in [5, 5.41) is 2.89. The first-order valence-corrected chi connectivity index (χ1v) is 5.27. The molecule has 1 fully saturated rings. The number of nitrogens with one attached hydrogen (secondary N) is 1. The summed E-state index contributed by atoms with van der Waals surface area (Å²) in [6.45, 7) is 2.94. The third-order valence-electron chi connectivity index (χ3n) is 2.47. The Kier molecular flexibility index (Phi) is 4.22. The van der Waals surface area contributed by atoms with Gasteiger partial charge in [0, 0.05) is 6.54 Å². The van der Waals surface area contributed by atoms with E-state index in [-0.39, 0.29) is 11.9 Å². The summed E-state index contributed by atoms with van der Waals surface area (Å²) in [7, 11) is 0. The molecule has 1 saturated carbocycles. The second kappa shape index (κ2) is 5.22. The van der Waals surface area contributed by atoms with Gasteiger partial charge in [0.2, 0.25) is 5.91 Å². The Balaban J connectivity index is 2.05. The fourth-order valence-corrected chi connectivity index (χ4v) is 1.25. The van der Waals surface area contributed by atoms with E-state index in [0.717, 1.165) is 31.7 Å². The second-order valence-corrected chi connectivity index (χ2v) is 3.94. The van der Waals surface area contributed by atoms with E-state index < -0.39 is 0 Å². The van der Waals surface area contributed by atoms with Crippen molar-refractivity contribution in [1.29, 1.82) is 0 Å². The van der Waals surface area contributed by atoms with Crippen LogP contribution in [0.2, 0.25) is 0 Å². The molecule has 1 aliphatic carbocycles. The minimum absolute atomic E-state index is 0.0281. The highest BCUT2D eigenvalue weighted by atomic mass is 16.2. The number of carbonyl (C=O) groups is 1. The Morgan fingerprint density at radius 2 is 2.31 bits per heavy atom. The van der Waals surface area contributed by atoms with Crippen molar-refractivity contribution in [1.82, 2.24) is 5.32 Å². The van der Waals surface area contributed by atoms with Gasteiger partial charge in [0.05, 0.1) is 6.04 Å². The molecule has 1 atom stereocenters. The average Bonchev–Trinajstić information content (AvgIpc) is 2.93. The van der Waals surface area contributed by atoms with Gasteiger partial charge < -0.3 is 11.1 Å². The zero-order valence-electron chi connectivity index (χ0n) is 8.38. The van der Waals surface area contributed by atoms with Gasteiger partial charge in [-0.05, 0) is 25.2 Å². The minimum atomic E-state index is -0.293. The van der Waals surface area contributed by atoms with E-state index >= 15 is 0 Å². The fraction of sp³-hybridized carbons (Fsp3) is 0.900. The average molecular weight is 184 g/mol. The van der Waals surface area contributed by atoms with E-state index in [0.29, 0.717) is 0 Å². The molecule has 76 valence electrons. The van der Waals surface area contributed by atoms with Crippen molar-refractivity contribution in [3.05, 3.63) is 0 Å². The summed E-state index contributed by atoms with van der Waals surface area (Å²) in [4.78, 5) is 11.3. The monoisotopic (exact) mass is 184 g/mol. The third kappa shape index (κ3) is 4.27. The highest BCUT2D eigenvalue weighted by Gasteiger charge is 2.22. The SMILES string of the molecule is CCCC[C@H](N)C(=O)NCC1CC1. The van der Waals surface area contributed by atoms with Crippen LogP contribution in [-0.2, 0) is 4.79 Å². The van der Waals surface area contributed by atoms with Crippen molar-refractivity contribution >= 4 is 5.91 Å². The summed E-state index contributed by atoms with van der Waals surface area (Å²) in [6, 6.07) is -0.293. The number of nitrogens with two attached hydrogens (primary N) is 1. The van der Waals surface area contributed by atoms with E-state index in [9.17, 15) is 4.79 Å². The normalized spacial score (nSPS) is 18.3. The van der Waals surface area contributed by atoms with Crippen LogP contribution in [0.25, 0.3) is 0 Å². The van der Waals surface area contributed by atoms with Gasteiger partial charge in [0.25, 0.3) is 0 Å². The van der Waals surface area contributed by atoms with Crippen LogP contribution in [0.3, 0.4) is 0 Å². The van der Waals surface area contributed by atoms with E-state index in [1.165, 1.54) is 12.8 Å². The number of rotatable bonds is 6. The summed E-state index contributed by atoms with van der Waals surface area (Å²) in [5.41, 5.74) is 5.70. The molecule has 1 amide bonds. The highest BCUT2D eigenvalue weighted by molar-refractivity contribution is 5.81. The van der Waals surface area contributed by atoms with Gasteiger partial charge in [-0.3, -0.25) is 4.79 Å². The van der Waals surface area contributed by atoms with Gasteiger partial charge in [-0.25, -0.2) is 0 Å². The van der Waals surface area contributed by atoms with Crippen LogP contribution in [0, 0.1) is 5.92 Å². The predicted octanol–water partition coefficient (Wildman–Crippen LogP) is 1.03. The Bertz CT molecular complexity index is 166. The van der Waals surface area contributed by atoms with Crippen LogP contribution in [0.5, 0.6) is 0 Å². The molecule has 0 bridgehead atoms. The van der Waals surface area contributed by atoms with Gasteiger partial charge in [0.15, 0.2) is 0 Å². The Labute approximate surface area is 80.1 Å². The maximum atomic E-state index is 11.3. The number of hydrogen-bond acceptors (Lipinski definition) is 2. The zero-order chi connectivity index (χ0) is 9.68. The molecule has 0 aromatic heterocycles. The quantitative estimate of drug-likeness (QED) is 0.648. The molecule has 3 nitrogen and oxygen atoms in total. The number of carbonyl (C=O) groups excluding carboxylic acids is 1. The van der Waals surface area contributed by atoms with Crippen molar-refractivity contribution < 1.29 is 4.79 Å². The zero-order valence-corrected chi connectivity index (χ0v) is 8.38. The van der Waals surface area contributed by atoms with Crippen LogP contribution in [0.4, 0.5) is 0 Å². The summed E-state index contributed by atoms with van der Waals surface area (Å²) >= 11 is 0. The first-order chi connectivity index (χ1) is 6.24. The van der Waals surface area contributed by atoms with Gasteiger partial charge in [-0.2, -0.15) is 0 Å². The van der Waals surface area contributed by atoms with Crippen molar-refractivity contribution in [2.75, 3.05) is 6.54 Å². The lowest BCUT2D eigenvalue weighted by atomic mass is 10.1. The molecule has 0 spiro atoms. The smallest absolute Gasteiger partial charge is 0.236 e. The van der Waals surface area contributed by atoms with Crippen molar-refractivity contribution in [2.24, 2.45) is 11.7 Å². The van der Waals surface area contributed by atoms with Crippen molar-refractivity contribution in [3.8, 4) is 0 Å². The number of unbranched alkanes of at least 4 members (excludes halogenated alkanes) is 1. The summed E-state index contributed by atoms with van der Waals surface area (Å²) in [5.74, 6) is 0.766. The number of hydrogen-bond donors (Lipinski definition) is 2. The van der Waals surface area contributed by atoms with Crippen LogP contribution >= 0.6 is 0 Å². The van der Waals surface area contributed by atoms with Crippen molar-refractivity contribution in [3.63, 3.8) is 0 Å². The van der Waals surface area contributed by atoms with Gasteiger partial charge in [0.1, 0.15) is 0 Å². The third-order valence-corrected chi connectivity index (χ3v) is 2.47. The molecular weight excluding hydrogens is 164 g/mol. The Morgan fingerprint density at radius 1 is 1.62 bits per heavy atom. The molecule has 0 aromatic rings. The lowest BCUT2D eigenvalue weighted by Crippen LogP contribution is -2.41. The molecule has 0 unspecified atom stereocenters. The van der Waals surface area contributed by atoms with Crippen LogP contribution in [0.1, 0.15) is 39.0 Å². The molecule has 0 saturated heterocycles. The molecule has 1 rings (SSSR count). The van der Waals surface area contributed by atoms with E-state index in [2.05, 4.69) is 12.2 Å². The standard InChI is InChI=1S/C10H20N2O/c1-2-3-4-9(11)10(13)12-7-8-5-6-8/h8-9H,2-7,11H2,1H3,(H,12,13)/t9-/m0/s1. The molecule has 0 aromatic carbocycles. The molecule has 0 radical (unpaired) electrons. The maximum absolute atomic E-state index is 11.3. The lowest BCUT2D eigenvalue weighted by molar-refractivity contribution is -0.122. The molecule has 3 heteroatoms. The Hall–Kier alpha value is -0.570. The highest BCUT2D eigenvalue weighted by Crippen LogP contribution is 2.27. The van der Waals surface area contributed by atoms with Gasteiger partial charge in [-0.1, -0.05) is 19.8 Å². The van der Waals surface area contributed by atoms with Gasteiger partial charge in [-0.15, -0.1) is 0 Å². The molecule has 13 heavy (non-hydrogen) atoms. The first kappa shape index (κ1) is 10.5. The van der Waals surface area contributed by atoms with Crippen LogP contribution < -0.4 is 11.1 Å². The van der Waals surface area contributed by atoms with Crippen LogP contribution in [0.15, 0.2) is 0 Å². The molecule has 0 heterocycles. The summed E-state index contributed by atoms with van der Waals surface area (Å²) < 4.78 is 0. The molecule has 3 N–H and O–H groups in total. The molecular formula is C10H20N2O.